The Balaban J connectivity index is 1.81. The summed E-state index contributed by atoms with van der Waals surface area (Å²) in [6, 6.07) is 17.9. The summed E-state index contributed by atoms with van der Waals surface area (Å²) < 4.78 is 26.0. The average molecular weight is 427 g/mol. The maximum atomic E-state index is 11.7. The number of sulfonamides is 1. The van der Waals surface area contributed by atoms with E-state index in [1.165, 1.54) is 5.56 Å². The van der Waals surface area contributed by atoms with Crippen LogP contribution in [0.3, 0.4) is 0 Å². The Morgan fingerprint density at radius 3 is 2.28 bits per heavy atom. The van der Waals surface area contributed by atoms with Gasteiger partial charge in [-0.25, -0.2) is 8.42 Å². The number of anilines is 1. The van der Waals surface area contributed by atoms with Gasteiger partial charge in [0.25, 0.3) is 0 Å². The molecule has 2 aromatic carbocycles. The minimum absolute atomic E-state index is 0.0522. The van der Waals surface area contributed by atoms with Gasteiger partial charge in [-0.3, -0.25) is 4.72 Å². The van der Waals surface area contributed by atoms with Gasteiger partial charge in [0, 0.05) is 17.3 Å². The number of nitrogens with one attached hydrogen (secondary N) is 2. The molecule has 0 saturated heterocycles. The van der Waals surface area contributed by atoms with Crippen molar-refractivity contribution in [3.05, 3.63) is 88.2 Å². The minimum Gasteiger partial charge on any atom is -0.357 e. The lowest BCUT2D eigenvalue weighted by molar-refractivity contribution is 0.602. The van der Waals surface area contributed by atoms with Crippen LogP contribution in [0.15, 0.2) is 54.6 Å². The zero-order valence-electron chi connectivity index (χ0n) is 17.1. The third kappa shape index (κ3) is 4.95. The molecule has 1 unspecified atom stereocenters. The van der Waals surface area contributed by atoms with E-state index < -0.39 is 10.0 Å². The van der Waals surface area contributed by atoms with Gasteiger partial charge < -0.3 is 4.98 Å². The molecular weight excluding hydrogens is 400 g/mol. The monoisotopic (exact) mass is 426 g/mol. The summed E-state index contributed by atoms with van der Waals surface area (Å²) in [6.45, 7) is 7.86. The summed E-state index contributed by atoms with van der Waals surface area (Å²) in [5.74, 6) is 0.177. The predicted octanol–water partition coefficient (Wildman–Crippen LogP) is 5.31. The zero-order chi connectivity index (χ0) is 21.2. The Morgan fingerprint density at radius 2 is 1.69 bits per heavy atom. The number of thiocarbonyl (C=S) groups is 1. The van der Waals surface area contributed by atoms with E-state index in [2.05, 4.69) is 60.8 Å². The Kier molecular flexibility index (Phi) is 6.24. The number of hydrogen-bond acceptors (Lipinski definition) is 3. The fraction of sp³-hybridized carbons (Fsp3) is 0.261. The Morgan fingerprint density at radius 1 is 1.07 bits per heavy atom. The van der Waals surface area contributed by atoms with Crippen molar-refractivity contribution in [3.8, 4) is 0 Å². The first kappa shape index (κ1) is 21.3. The quantitative estimate of drug-likeness (QED) is 0.397. The number of H-pyrrole nitrogens is 1. The molecule has 0 amide bonds. The number of aromatic amines is 1. The second kappa shape index (κ2) is 8.51. The molecule has 6 heteroatoms. The Labute approximate surface area is 178 Å². The fourth-order valence-corrected chi connectivity index (χ4v) is 4.16. The Hall–Kier alpha value is -2.44. The summed E-state index contributed by atoms with van der Waals surface area (Å²) in [5, 5.41) is 0. The fourth-order valence-electron chi connectivity index (χ4n) is 3.17. The van der Waals surface area contributed by atoms with Crippen LogP contribution >= 0.6 is 12.2 Å². The molecule has 1 atom stereocenters. The van der Waals surface area contributed by atoms with Crippen molar-refractivity contribution in [1.29, 1.82) is 0 Å². The molecule has 3 rings (SSSR count). The van der Waals surface area contributed by atoms with Crippen molar-refractivity contribution in [2.45, 2.75) is 33.6 Å². The summed E-state index contributed by atoms with van der Waals surface area (Å²) in [6.07, 6.45) is 0. The van der Waals surface area contributed by atoms with E-state index in [4.69, 9.17) is 12.2 Å². The molecule has 4 nitrogen and oxygen atoms in total. The normalized spacial score (nSPS) is 12.6. The van der Waals surface area contributed by atoms with Crippen molar-refractivity contribution in [2.24, 2.45) is 0 Å². The molecule has 2 N–H and O–H groups in total. The third-order valence-corrected chi connectivity index (χ3v) is 6.85. The summed E-state index contributed by atoms with van der Waals surface area (Å²) in [4.78, 5) is 4.31. The number of aromatic nitrogens is 1. The van der Waals surface area contributed by atoms with Crippen molar-refractivity contribution in [1.82, 2.24) is 4.98 Å². The second-order valence-corrected chi connectivity index (χ2v) is 9.75. The standard InChI is InChI=1S/C23H26N2O2S2/c1-5-29(26,27)25-20-12-10-18(11-13-20)17(4)21-14-16(3)22(24-21)23(28)19-8-6-15(2)7-9-19/h6-14,17,24-25H,5H2,1-4H3. The van der Waals surface area contributed by atoms with Crippen LogP contribution in [0.2, 0.25) is 0 Å². The number of rotatable bonds is 7. The highest BCUT2D eigenvalue weighted by Crippen LogP contribution is 2.27. The molecule has 0 radical (unpaired) electrons. The van der Waals surface area contributed by atoms with Gasteiger partial charge in [0.1, 0.15) is 0 Å². The van der Waals surface area contributed by atoms with Gasteiger partial charge in [0.05, 0.1) is 16.3 Å². The highest BCUT2D eigenvalue weighted by Gasteiger charge is 2.16. The first-order valence-corrected chi connectivity index (χ1v) is 11.7. The summed E-state index contributed by atoms with van der Waals surface area (Å²) in [7, 11) is -3.27. The number of benzene rings is 2. The highest BCUT2D eigenvalue weighted by atomic mass is 32.2. The molecule has 29 heavy (non-hydrogen) atoms. The van der Waals surface area contributed by atoms with Crippen molar-refractivity contribution in [3.63, 3.8) is 0 Å². The van der Waals surface area contributed by atoms with E-state index in [0.717, 1.165) is 32.9 Å². The topological polar surface area (TPSA) is 62.0 Å². The lowest BCUT2D eigenvalue weighted by Gasteiger charge is -2.12. The molecule has 0 saturated carbocycles. The van der Waals surface area contributed by atoms with E-state index in [0.29, 0.717) is 5.69 Å². The molecule has 0 bridgehead atoms. The molecule has 3 aromatic rings. The minimum atomic E-state index is -3.27. The van der Waals surface area contributed by atoms with E-state index in [-0.39, 0.29) is 11.7 Å². The third-order valence-electron chi connectivity index (χ3n) is 5.11. The molecular formula is C23H26N2O2S2. The lowest BCUT2D eigenvalue weighted by Crippen LogP contribution is -2.14. The maximum Gasteiger partial charge on any atom is 0.232 e. The predicted molar refractivity (Wildman–Crippen MR) is 125 cm³/mol. The van der Waals surface area contributed by atoms with E-state index >= 15 is 0 Å². The molecule has 0 aliphatic heterocycles. The van der Waals surface area contributed by atoms with Crippen LogP contribution in [0.4, 0.5) is 5.69 Å². The van der Waals surface area contributed by atoms with Crippen LogP contribution in [0.1, 0.15) is 53.4 Å². The molecule has 0 spiro atoms. The van der Waals surface area contributed by atoms with Crippen molar-refractivity contribution >= 4 is 32.8 Å². The zero-order valence-corrected chi connectivity index (χ0v) is 18.7. The highest BCUT2D eigenvalue weighted by molar-refractivity contribution is 7.92. The molecule has 0 fully saturated rings. The molecule has 1 heterocycles. The van der Waals surface area contributed by atoms with Gasteiger partial charge in [0.2, 0.25) is 10.0 Å². The lowest BCUT2D eigenvalue weighted by atomic mass is 9.97. The molecule has 1 aromatic heterocycles. The van der Waals surface area contributed by atoms with Crippen LogP contribution in [0.25, 0.3) is 0 Å². The van der Waals surface area contributed by atoms with Gasteiger partial charge in [-0.1, -0.05) is 61.1 Å². The maximum absolute atomic E-state index is 11.7. The molecule has 0 aliphatic carbocycles. The van der Waals surface area contributed by atoms with E-state index in [1.807, 2.05) is 12.1 Å². The van der Waals surface area contributed by atoms with Crippen molar-refractivity contribution in [2.75, 3.05) is 10.5 Å². The molecule has 152 valence electrons. The second-order valence-electron chi connectivity index (χ2n) is 7.33. The SMILES string of the molecule is CCS(=O)(=O)Nc1ccc(C(C)c2cc(C)c(C(=S)c3ccc(C)cc3)[nH]2)cc1. The number of aryl methyl sites for hydroxylation is 2. The first-order valence-electron chi connectivity index (χ1n) is 9.61. The summed E-state index contributed by atoms with van der Waals surface area (Å²) >= 11 is 5.72. The van der Waals surface area contributed by atoms with Gasteiger partial charge in [0.15, 0.2) is 0 Å². The van der Waals surface area contributed by atoms with Crippen LogP contribution < -0.4 is 4.72 Å². The van der Waals surface area contributed by atoms with Gasteiger partial charge in [-0.2, -0.15) is 0 Å². The van der Waals surface area contributed by atoms with Crippen LogP contribution in [-0.2, 0) is 10.0 Å². The van der Waals surface area contributed by atoms with E-state index in [9.17, 15) is 8.42 Å². The largest absolute Gasteiger partial charge is 0.357 e. The van der Waals surface area contributed by atoms with Crippen LogP contribution in [0.5, 0.6) is 0 Å². The number of hydrogen-bond donors (Lipinski definition) is 2. The van der Waals surface area contributed by atoms with Gasteiger partial charge in [-0.15, -0.1) is 0 Å². The van der Waals surface area contributed by atoms with Gasteiger partial charge >= 0.3 is 0 Å². The average Bonchev–Trinajstić information content (AvgIpc) is 3.09. The summed E-state index contributed by atoms with van der Waals surface area (Å²) in [5.41, 5.74) is 7.07. The van der Waals surface area contributed by atoms with Crippen molar-refractivity contribution < 1.29 is 8.42 Å². The van der Waals surface area contributed by atoms with E-state index in [1.54, 1.807) is 19.1 Å². The van der Waals surface area contributed by atoms with Gasteiger partial charge in [-0.05, 0) is 55.7 Å². The smallest absolute Gasteiger partial charge is 0.232 e. The van der Waals surface area contributed by atoms with Crippen LogP contribution in [0, 0.1) is 13.8 Å². The first-order chi connectivity index (χ1) is 13.7. The molecule has 0 aliphatic rings. The Bertz CT molecular complexity index is 1110. The van der Waals surface area contributed by atoms with Crippen LogP contribution in [-0.4, -0.2) is 24.0 Å².